The molecular formula is C46H79N13O14. The van der Waals surface area contributed by atoms with Gasteiger partial charge in [-0.05, 0) is 75.0 Å². The number of carbonyl (C=O) groups is 9. The average molecular weight is 1040 g/mol. The van der Waals surface area contributed by atoms with Crippen LogP contribution in [0.3, 0.4) is 0 Å². The number of guanidine groups is 1. The minimum absolute atomic E-state index is 0.0363. The van der Waals surface area contributed by atoms with Crippen LogP contribution >= 0.6 is 0 Å². The molecular weight excluding hydrogens is 959 g/mol. The number of hydrogen-bond acceptors (Lipinski definition) is 17. The highest BCUT2D eigenvalue weighted by atomic mass is 16.4. The minimum atomic E-state index is -1.77. The van der Waals surface area contributed by atoms with E-state index in [-0.39, 0.29) is 44.6 Å². The first kappa shape index (κ1) is 64.5. The number of aliphatic carboxylic acids is 1. The maximum Gasteiger partial charge on any atom is 0.328 e. The molecule has 0 bridgehead atoms. The van der Waals surface area contributed by atoms with Crippen LogP contribution in [-0.2, 0) is 49.6 Å². The second-order valence-corrected chi connectivity index (χ2v) is 18.7. The maximum atomic E-state index is 14.6. The summed E-state index contributed by atoms with van der Waals surface area (Å²) >= 11 is 0. The van der Waals surface area contributed by atoms with E-state index in [0.717, 1.165) is 13.8 Å². The van der Waals surface area contributed by atoms with Gasteiger partial charge in [0.05, 0.1) is 37.5 Å². The lowest BCUT2D eigenvalue weighted by atomic mass is 9.94. The molecule has 0 heterocycles. The van der Waals surface area contributed by atoms with Crippen LogP contribution in [0.15, 0.2) is 24.3 Å². The number of hydrogen-bond donors (Lipinski definition) is 17. The molecule has 1 rings (SSSR count). The number of nitrogen functional groups attached to an aromatic ring is 1. The van der Waals surface area contributed by atoms with Crippen molar-refractivity contribution in [1.29, 1.82) is 5.41 Å². The van der Waals surface area contributed by atoms with Gasteiger partial charge in [-0.2, -0.15) is 0 Å². The van der Waals surface area contributed by atoms with Crippen LogP contribution < -0.4 is 60.2 Å². The lowest BCUT2D eigenvalue weighted by Gasteiger charge is -2.36. The molecule has 0 saturated carbocycles. The number of nitrogens with zero attached hydrogens (tertiary/aromatic N) is 1. The van der Waals surface area contributed by atoms with Gasteiger partial charge in [-0.1, -0.05) is 60.1 Å². The Bertz CT molecular complexity index is 2060. The van der Waals surface area contributed by atoms with E-state index in [1.165, 1.54) is 0 Å². The van der Waals surface area contributed by atoms with E-state index in [9.17, 15) is 63.6 Å². The summed E-state index contributed by atoms with van der Waals surface area (Å²) in [7, 11) is 0. The smallest absolute Gasteiger partial charge is 0.328 e. The van der Waals surface area contributed by atoms with Gasteiger partial charge in [-0.15, -0.1) is 0 Å². The van der Waals surface area contributed by atoms with Gasteiger partial charge in [-0.25, -0.2) is 4.79 Å². The van der Waals surface area contributed by atoms with E-state index in [2.05, 4.69) is 31.9 Å². The summed E-state index contributed by atoms with van der Waals surface area (Å²) in [5.41, 5.74) is 25.0. The summed E-state index contributed by atoms with van der Waals surface area (Å²) in [5.74, 6) is -12.1. The number of imide groups is 1. The topological polar surface area (TPSA) is 470 Å². The molecule has 73 heavy (non-hydrogen) atoms. The Morgan fingerprint density at radius 1 is 0.726 bits per heavy atom. The van der Waals surface area contributed by atoms with Crippen LogP contribution in [0.25, 0.3) is 0 Å². The summed E-state index contributed by atoms with van der Waals surface area (Å²) in [6, 6.07) is -6.53. The molecule has 1 aromatic rings. The van der Waals surface area contributed by atoms with E-state index in [0.29, 0.717) is 16.2 Å². The van der Waals surface area contributed by atoms with Crippen molar-refractivity contribution in [2.45, 2.75) is 154 Å². The fourth-order valence-corrected chi connectivity index (χ4v) is 7.18. The average Bonchev–Trinajstić information content (AvgIpc) is 3.31. The van der Waals surface area contributed by atoms with Gasteiger partial charge in [0.1, 0.15) is 42.3 Å². The van der Waals surface area contributed by atoms with E-state index in [4.69, 9.17) is 33.5 Å². The standard InChI is InChI=1S/C46H79N13O14/c1-9-23(6)34(41(68)58-35(24(7)61)40(67)53-19-32(63)56-36(25(8)62)42(69)55-30(20-60)45(72)73)57-38(65)29(14-11-15-52-46(50)51)54-39(66)31(16-21(2)3)59(44(71)33(49)37(64)22(4)5)43(70)28(48)18-26-12-10-13-27(47)17-26/h10,12-13,17,21-25,28-31,33-37,60-62,64H,9,11,14-16,18-20,47-49H2,1-8H3,(H,53,67)(H,54,66)(H,55,69)(H,56,63)(H,57,65)(H,58,68)(H,72,73)(H4,50,51,52)/t23?,24-,25?,28-,29+,30-,31-,33-,34-,35-,36-,37+/m0/s1. The number of amides is 8. The number of nitrogens with two attached hydrogens (primary N) is 4. The quantitative estimate of drug-likeness (QED) is 0.0143. The number of carbonyl (C=O) groups excluding carboxylic acids is 8. The molecule has 12 atom stereocenters. The molecule has 8 amide bonds. The zero-order chi connectivity index (χ0) is 56.0. The van der Waals surface area contributed by atoms with E-state index in [1.54, 1.807) is 65.8 Å². The van der Waals surface area contributed by atoms with Crippen molar-refractivity contribution >= 4 is 64.9 Å². The van der Waals surface area contributed by atoms with Gasteiger partial charge >= 0.3 is 5.97 Å². The van der Waals surface area contributed by atoms with Crippen molar-refractivity contribution in [3.8, 4) is 0 Å². The molecule has 1 aromatic carbocycles. The number of aliphatic hydroxyl groups excluding tert-OH is 4. The first-order valence-electron chi connectivity index (χ1n) is 24.0. The monoisotopic (exact) mass is 1040 g/mol. The highest BCUT2D eigenvalue weighted by molar-refractivity contribution is 6.05. The number of aliphatic hydroxyl groups is 4. The molecule has 0 fully saturated rings. The third kappa shape index (κ3) is 21.2. The highest BCUT2D eigenvalue weighted by Gasteiger charge is 2.43. The summed E-state index contributed by atoms with van der Waals surface area (Å²) in [6.45, 7) is 10.3. The van der Waals surface area contributed by atoms with Gasteiger partial charge < -0.3 is 85.7 Å². The summed E-state index contributed by atoms with van der Waals surface area (Å²) in [4.78, 5) is 122. The van der Waals surface area contributed by atoms with Crippen LogP contribution in [0.4, 0.5) is 5.69 Å². The van der Waals surface area contributed by atoms with Gasteiger partial charge in [0.25, 0.3) is 0 Å². The zero-order valence-electron chi connectivity index (χ0n) is 42.7. The Balaban J connectivity index is 3.60. The van der Waals surface area contributed by atoms with Crippen LogP contribution in [0, 0.1) is 23.2 Å². The van der Waals surface area contributed by atoms with Crippen LogP contribution in [0.5, 0.6) is 0 Å². The molecule has 0 aromatic heterocycles. The van der Waals surface area contributed by atoms with E-state index in [1.807, 2.05) is 5.32 Å². The predicted molar refractivity (Wildman–Crippen MR) is 266 cm³/mol. The van der Waals surface area contributed by atoms with Crippen molar-refractivity contribution in [2.75, 3.05) is 25.4 Å². The fraction of sp³-hybridized carbons (Fsp3) is 0.652. The number of carboxylic acid groups (broad SMARTS) is 1. The molecule has 0 aliphatic carbocycles. The van der Waals surface area contributed by atoms with Crippen molar-refractivity contribution in [3.63, 3.8) is 0 Å². The third-order valence-electron chi connectivity index (χ3n) is 11.6. The summed E-state index contributed by atoms with van der Waals surface area (Å²) in [5, 5.41) is 73.9. The lowest BCUT2D eigenvalue weighted by molar-refractivity contribution is -0.156. The largest absolute Gasteiger partial charge is 0.480 e. The Morgan fingerprint density at radius 2 is 1.29 bits per heavy atom. The first-order valence-corrected chi connectivity index (χ1v) is 24.0. The molecule has 2 unspecified atom stereocenters. The van der Waals surface area contributed by atoms with Gasteiger partial charge in [0.15, 0.2) is 5.96 Å². The molecule has 0 radical (unpaired) electrons. The normalized spacial score (nSPS) is 16.3. The van der Waals surface area contributed by atoms with E-state index < -0.39 is 151 Å². The van der Waals surface area contributed by atoms with Crippen molar-refractivity contribution < 1.29 is 68.7 Å². The molecule has 0 aliphatic rings. The first-order chi connectivity index (χ1) is 34.0. The maximum absolute atomic E-state index is 14.6. The molecule has 0 spiro atoms. The van der Waals surface area contributed by atoms with Crippen LogP contribution in [0.2, 0.25) is 0 Å². The SMILES string of the molecule is CCC(C)[C@H](NC(=O)[C@@H](CCCNC(=N)N)NC(=O)[C@H](CC(C)C)N(C(=O)[C@@H](N)[C@H](O)C(C)C)C(=O)[C@@H](N)Cc1cccc(N)c1)C(=O)N[C@H](C(=O)NCC(=O)N[C@H](C(=O)N[C@@H](CO)C(=O)O)C(C)O)[C@H](C)O. The number of rotatable bonds is 31. The third-order valence-corrected chi connectivity index (χ3v) is 11.6. The Hall–Kier alpha value is -6.52. The lowest BCUT2D eigenvalue weighted by Crippen LogP contribution is -2.64. The Kier molecular flexibility index (Phi) is 27.5. The van der Waals surface area contributed by atoms with E-state index >= 15 is 0 Å². The fourth-order valence-electron chi connectivity index (χ4n) is 7.18. The number of nitrogens with one attached hydrogen (secondary N) is 8. The number of carboxylic acids is 1. The molecule has 27 heteroatoms. The molecule has 412 valence electrons. The second-order valence-electron chi connectivity index (χ2n) is 18.7. The minimum Gasteiger partial charge on any atom is -0.480 e. The summed E-state index contributed by atoms with van der Waals surface area (Å²) in [6.07, 6.45) is -4.81. The van der Waals surface area contributed by atoms with Crippen molar-refractivity contribution in [2.24, 2.45) is 35.0 Å². The van der Waals surface area contributed by atoms with Crippen molar-refractivity contribution in [1.82, 2.24) is 42.1 Å². The summed E-state index contributed by atoms with van der Waals surface area (Å²) < 4.78 is 0. The number of anilines is 1. The van der Waals surface area contributed by atoms with Crippen LogP contribution in [-0.4, -0.2) is 176 Å². The molecule has 0 aliphatic heterocycles. The molecule has 21 N–H and O–H groups in total. The van der Waals surface area contributed by atoms with Gasteiger partial charge in [0.2, 0.25) is 47.3 Å². The highest BCUT2D eigenvalue weighted by Crippen LogP contribution is 2.20. The zero-order valence-corrected chi connectivity index (χ0v) is 42.7. The Labute approximate surface area is 424 Å². The molecule has 27 nitrogen and oxygen atoms in total. The second kappa shape index (κ2) is 31.2. The van der Waals surface area contributed by atoms with Gasteiger partial charge in [0, 0.05) is 12.2 Å². The van der Waals surface area contributed by atoms with Gasteiger partial charge in [-0.3, -0.25) is 48.7 Å². The Morgan fingerprint density at radius 3 is 1.79 bits per heavy atom. The molecule has 0 saturated heterocycles. The van der Waals surface area contributed by atoms with Crippen molar-refractivity contribution in [3.05, 3.63) is 29.8 Å². The number of benzene rings is 1. The van der Waals surface area contributed by atoms with Crippen LogP contribution in [0.1, 0.15) is 86.6 Å². The predicted octanol–water partition coefficient (Wildman–Crippen LogP) is -5.06.